The summed E-state index contributed by atoms with van der Waals surface area (Å²) in [4.78, 5) is 4.68. The molecule has 4 nitrogen and oxygen atoms in total. The van der Waals surface area contributed by atoms with Crippen molar-refractivity contribution >= 4 is 31.6 Å². The van der Waals surface area contributed by atoms with Gasteiger partial charge >= 0.3 is 0 Å². The molecule has 0 saturated carbocycles. The smallest absolute Gasteiger partial charge is 0.218 e. The molecule has 1 atom stereocenters. The van der Waals surface area contributed by atoms with Crippen molar-refractivity contribution in [3.8, 4) is 0 Å². The minimum absolute atomic E-state index is 0.0508. The van der Waals surface area contributed by atoms with E-state index in [0.29, 0.717) is 6.54 Å². The van der Waals surface area contributed by atoms with Gasteiger partial charge in [0, 0.05) is 6.54 Å². The van der Waals surface area contributed by atoms with Crippen LogP contribution < -0.4 is 0 Å². The number of thiazole rings is 1. The van der Waals surface area contributed by atoms with E-state index in [9.17, 15) is 8.42 Å². The number of rotatable bonds is 4. The SMILES string of the molecule is O=S(=O)(Cc1ccccc1)N1CCCC1c1nc2ccccc2s1. The van der Waals surface area contributed by atoms with E-state index in [0.717, 1.165) is 33.6 Å². The topological polar surface area (TPSA) is 50.3 Å². The number of benzene rings is 2. The van der Waals surface area contributed by atoms with Gasteiger partial charge in [-0.25, -0.2) is 13.4 Å². The average Bonchev–Trinajstić information content (AvgIpc) is 3.22. The lowest BCUT2D eigenvalue weighted by Crippen LogP contribution is -2.31. The van der Waals surface area contributed by atoms with E-state index in [1.54, 1.807) is 15.6 Å². The van der Waals surface area contributed by atoms with Crippen LogP contribution in [0.2, 0.25) is 0 Å². The molecule has 1 unspecified atom stereocenters. The van der Waals surface area contributed by atoms with Crippen LogP contribution in [0.5, 0.6) is 0 Å². The lowest BCUT2D eigenvalue weighted by Gasteiger charge is -2.22. The van der Waals surface area contributed by atoms with Crippen LogP contribution in [0, 0.1) is 0 Å². The zero-order valence-electron chi connectivity index (χ0n) is 13.1. The van der Waals surface area contributed by atoms with Gasteiger partial charge in [-0.3, -0.25) is 0 Å². The predicted molar refractivity (Wildman–Crippen MR) is 97.4 cm³/mol. The van der Waals surface area contributed by atoms with Crippen LogP contribution in [0.25, 0.3) is 10.2 Å². The summed E-state index contributed by atoms with van der Waals surface area (Å²) in [6.07, 6.45) is 1.72. The fourth-order valence-electron chi connectivity index (χ4n) is 3.22. The van der Waals surface area contributed by atoms with Gasteiger partial charge < -0.3 is 0 Å². The van der Waals surface area contributed by atoms with Crippen molar-refractivity contribution in [3.05, 3.63) is 65.2 Å². The van der Waals surface area contributed by atoms with Gasteiger partial charge in [0.1, 0.15) is 5.01 Å². The van der Waals surface area contributed by atoms with E-state index < -0.39 is 10.0 Å². The Morgan fingerprint density at radius 1 is 1.08 bits per heavy atom. The Balaban J connectivity index is 1.64. The molecule has 0 amide bonds. The van der Waals surface area contributed by atoms with Gasteiger partial charge in [0.2, 0.25) is 10.0 Å². The van der Waals surface area contributed by atoms with Crippen molar-refractivity contribution in [1.82, 2.24) is 9.29 Å². The second kappa shape index (κ2) is 6.27. The zero-order chi connectivity index (χ0) is 16.6. The maximum atomic E-state index is 12.9. The summed E-state index contributed by atoms with van der Waals surface area (Å²) in [7, 11) is -3.35. The standard InChI is InChI=1S/C18H18N2O2S2/c21-24(22,13-14-7-2-1-3-8-14)20-12-6-10-16(20)18-19-15-9-4-5-11-17(15)23-18/h1-5,7-9,11,16H,6,10,12-13H2. The first kappa shape index (κ1) is 15.7. The average molecular weight is 358 g/mol. The van der Waals surface area contributed by atoms with Crippen molar-refractivity contribution in [3.63, 3.8) is 0 Å². The van der Waals surface area contributed by atoms with Gasteiger partial charge in [0.25, 0.3) is 0 Å². The summed E-state index contributed by atoms with van der Waals surface area (Å²) in [5.74, 6) is 0.0508. The Hall–Kier alpha value is -1.76. The molecule has 24 heavy (non-hydrogen) atoms. The summed E-state index contributed by atoms with van der Waals surface area (Å²) in [5.41, 5.74) is 1.78. The molecule has 1 fully saturated rings. The second-order valence-electron chi connectivity index (χ2n) is 6.03. The van der Waals surface area contributed by atoms with Gasteiger partial charge in [-0.1, -0.05) is 42.5 Å². The minimum Gasteiger partial charge on any atom is -0.239 e. The van der Waals surface area contributed by atoms with E-state index in [1.165, 1.54) is 0 Å². The molecule has 0 N–H and O–H groups in total. The van der Waals surface area contributed by atoms with Crippen LogP contribution >= 0.6 is 11.3 Å². The van der Waals surface area contributed by atoms with Gasteiger partial charge in [0.05, 0.1) is 22.0 Å². The first-order valence-corrected chi connectivity index (χ1v) is 10.4. The molecule has 0 spiro atoms. The highest BCUT2D eigenvalue weighted by Gasteiger charge is 2.36. The molecule has 124 valence electrons. The van der Waals surface area contributed by atoms with Crippen LogP contribution in [0.4, 0.5) is 0 Å². The molecule has 4 rings (SSSR count). The molecular weight excluding hydrogens is 340 g/mol. The molecule has 2 aromatic carbocycles. The Bertz CT molecular complexity index is 918. The van der Waals surface area contributed by atoms with Gasteiger partial charge in [-0.05, 0) is 30.5 Å². The molecule has 1 saturated heterocycles. The lowest BCUT2D eigenvalue weighted by atomic mass is 10.2. The third kappa shape index (κ3) is 2.97. The van der Waals surface area contributed by atoms with E-state index in [4.69, 9.17) is 0 Å². The largest absolute Gasteiger partial charge is 0.239 e. The minimum atomic E-state index is -3.35. The number of sulfonamides is 1. The predicted octanol–water partition coefficient (Wildman–Crippen LogP) is 3.96. The molecule has 0 radical (unpaired) electrons. The highest BCUT2D eigenvalue weighted by molar-refractivity contribution is 7.88. The maximum Gasteiger partial charge on any atom is 0.218 e. The van der Waals surface area contributed by atoms with Gasteiger partial charge in [-0.15, -0.1) is 11.3 Å². The van der Waals surface area contributed by atoms with Crippen LogP contribution in [0.1, 0.15) is 29.5 Å². The number of para-hydroxylation sites is 1. The Labute approximate surface area is 145 Å². The number of hydrogen-bond acceptors (Lipinski definition) is 4. The summed E-state index contributed by atoms with van der Waals surface area (Å²) in [6.45, 7) is 0.579. The Morgan fingerprint density at radius 3 is 2.62 bits per heavy atom. The molecule has 1 aromatic heterocycles. The number of aromatic nitrogens is 1. The second-order valence-corrected chi connectivity index (χ2v) is 9.01. The van der Waals surface area contributed by atoms with Crippen LogP contribution in [0.3, 0.4) is 0 Å². The van der Waals surface area contributed by atoms with Crippen molar-refractivity contribution < 1.29 is 8.42 Å². The number of nitrogens with zero attached hydrogens (tertiary/aromatic N) is 2. The van der Waals surface area contributed by atoms with Crippen LogP contribution in [-0.2, 0) is 15.8 Å². The van der Waals surface area contributed by atoms with Crippen LogP contribution in [-0.4, -0.2) is 24.3 Å². The highest BCUT2D eigenvalue weighted by Crippen LogP contribution is 2.38. The number of fused-ring (bicyclic) bond motifs is 1. The van der Waals surface area contributed by atoms with E-state index >= 15 is 0 Å². The molecule has 0 bridgehead atoms. The Kier molecular flexibility index (Phi) is 4.12. The molecule has 0 aliphatic carbocycles. The van der Waals surface area contributed by atoms with Crippen LogP contribution in [0.15, 0.2) is 54.6 Å². The van der Waals surface area contributed by atoms with Gasteiger partial charge in [0.15, 0.2) is 0 Å². The Morgan fingerprint density at radius 2 is 1.83 bits per heavy atom. The third-order valence-corrected chi connectivity index (χ3v) is 7.34. The first-order chi connectivity index (χ1) is 11.6. The van der Waals surface area contributed by atoms with Crippen molar-refractivity contribution in [2.45, 2.75) is 24.6 Å². The zero-order valence-corrected chi connectivity index (χ0v) is 14.8. The fraction of sp³-hybridized carbons (Fsp3) is 0.278. The molecule has 6 heteroatoms. The summed E-state index contributed by atoms with van der Waals surface area (Å²) < 4.78 is 28.6. The lowest BCUT2D eigenvalue weighted by molar-refractivity contribution is 0.395. The quantitative estimate of drug-likeness (QED) is 0.709. The number of hydrogen-bond donors (Lipinski definition) is 0. The molecular formula is C18H18N2O2S2. The first-order valence-electron chi connectivity index (χ1n) is 8.02. The fourth-order valence-corrected chi connectivity index (χ4v) is 6.18. The summed E-state index contributed by atoms with van der Waals surface area (Å²) in [6, 6.07) is 17.2. The maximum absolute atomic E-state index is 12.9. The normalized spacial score (nSPS) is 19.1. The summed E-state index contributed by atoms with van der Waals surface area (Å²) in [5, 5.41) is 0.908. The van der Waals surface area contributed by atoms with Crippen molar-refractivity contribution in [2.24, 2.45) is 0 Å². The molecule has 1 aliphatic heterocycles. The summed E-state index contributed by atoms with van der Waals surface area (Å²) >= 11 is 1.60. The van der Waals surface area contributed by atoms with Gasteiger partial charge in [-0.2, -0.15) is 4.31 Å². The van der Waals surface area contributed by atoms with Crippen molar-refractivity contribution in [2.75, 3.05) is 6.54 Å². The highest BCUT2D eigenvalue weighted by atomic mass is 32.2. The monoisotopic (exact) mass is 358 g/mol. The molecule has 1 aliphatic rings. The van der Waals surface area contributed by atoms with Crippen molar-refractivity contribution in [1.29, 1.82) is 0 Å². The van der Waals surface area contributed by atoms with E-state index in [-0.39, 0.29) is 11.8 Å². The molecule has 3 aromatic rings. The third-order valence-electron chi connectivity index (χ3n) is 4.35. The van der Waals surface area contributed by atoms with E-state index in [1.807, 2.05) is 54.6 Å². The van der Waals surface area contributed by atoms with E-state index in [2.05, 4.69) is 4.98 Å². The molecule has 2 heterocycles.